The van der Waals surface area contributed by atoms with E-state index in [0.29, 0.717) is 0 Å². The van der Waals surface area contributed by atoms with Gasteiger partial charge in [0.25, 0.3) is 0 Å². The molecular formula is C9H12N2O3S. The number of morpholine rings is 1. The van der Waals surface area contributed by atoms with E-state index in [9.17, 15) is 4.79 Å². The zero-order valence-electron chi connectivity index (χ0n) is 8.18. The molecule has 1 N–H and O–H groups in total. The molecule has 1 aliphatic heterocycles. The van der Waals surface area contributed by atoms with Crippen LogP contribution in [0.2, 0.25) is 0 Å². The molecule has 0 amide bonds. The number of carboxylic acids is 1. The van der Waals surface area contributed by atoms with E-state index < -0.39 is 5.97 Å². The highest BCUT2D eigenvalue weighted by Gasteiger charge is 2.14. The second kappa shape index (κ2) is 4.69. The molecule has 2 heterocycles. The lowest BCUT2D eigenvalue weighted by molar-refractivity contribution is 0.0346. The summed E-state index contributed by atoms with van der Waals surface area (Å²) >= 11 is 1.26. The highest BCUT2D eigenvalue weighted by Crippen LogP contribution is 2.13. The molecule has 0 spiro atoms. The van der Waals surface area contributed by atoms with E-state index in [1.165, 1.54) is 11.5 Å². The van der Waals surface area contributed by atoms with E-state index in [2.05, 4.69) is 9.27 Å². The maximum absolute atomic E-state index is 10.6. The van der Waals surface area contributed by atoms with Gasteiger partial charge in [0.1, 0.15) is 0 Å². The van der Waals surface area contributed by atoms with Gasteiger partial charge in [-0.25, -0.2) is 4.79 Å². The Morgan fingerprint density at radius 3 is 2.93 bits per heavy atom. The number of aromatic nitrogens is 1. The lowest BCUT2D eigenvalue weighted by Gasteiger charge is -2.25. The standard InChI is InChI=1S/C9H12N2O3S/c12-9(13)8-5-7(15-10-8)6-11-1-3-14-4-2-11/h5H,1-4,6H2,(H,12,13). The Bertz CT molecular complexity index is 347. The summed E-state index contributed by atoms with van der Waals surface area (Å²) in [5, 5.41) is 8.71. The van der Waals surface area contributed by atoms with Crippen LogP contribution < -0.4 is 0 Å². The summed E-state index contributed by atoms with van der Waals surface area (Å²) in [5.41, 5.74) is 0.142. The topological polar surface area (TPSA) is 62.7 Å². The minimum absolute atomic E-state index is 0.142. The number of hydrogen-bond acceptors (Lipinski definition) is 5. The van der Waals surface area contributed by atoms with E-state index in [1.54, 1.807) is 6.07 Å². The monoisotopic (exact) mass is 228 g/mol. The number of aromatic carboxylic acids is 1. The van der Waals surface area contributed by atoms with Crippen molar-refractivity contribution < 1.29 is 14.6 Å². The first kappa shape index (κ1) is 10.5. The van der Waals surface area contributed by atoms with Gasteiger partial charge in [-0.3, -0.25) is 4.90 Å². The molecule has 15 heavy (non-hydrogen) atoms. The zero-order valence-corrected chi connectivity index (χ0v) is 9.00. The third-order valence-electron chi connectivity index (χ3n) is 2.26. The van der Waals surface area contributed by atoms with Gasteiger partial charge in [-0.2, -0.15) is 4.37 Å². The summed E-state index contributed by atoms with van der Waals surface area (Å²) in [7, 11) is 0. The van der Waals surface area contributed by atoms with Crippen molar-refractivity contribution in [3.63, 3.8) is 0 Å². The average Bonchev–Trinajstić information content (AvgIpc) is 2.68. The molecule has 6 heteroatoms. The smallest absolute Gasteiger partial charge is 0.355 e. The Morgan fingerprint density at radius 1 is 1.60 bits per heavy atom. The molecule has 1 aliphatic rings. The maximum atomic E-state index is 10.6. The van der Waals surface area contributed by atoms with Crippen LogP contribution in [0, 0.1) is 0 Å². The third kappa shape index (κ3) is 2.74. The molecule has 1 aromatic rings. The van der Waals surface area contributed by atoms with Crippen LogP contribution in [0.25, 0.3) is 0 Å². The van der Waals surface area contributed by atoms with Crippen LogP contribution in [0.1, 0.15) is 15.4 Å². The number of carboxylic acid groups (broad SMARTS) is 1. The molecule has 1 aromatic heterocycles. The normalized spacial score (nSPS) is 17.9. The molecule has 1 saturated heterocycles. The Labute approximate surface area is 91.4 Å². The molecule has 0 bridgehead atoms. The van der Waals surface area contributed by atoms with Gasteiger partial charge in [-0.1, -0.05) is 0 Å². The van der Waals surface area contributed by atoms with Gasteiger partial charge in [0, 0.05) is 24.5 Å². The molecule has 5 nitrogen and oxygen atoms in total. The minimum Gasteiger partial charge on any atom is -0.476 e. The number of rotatable bonds is 3. The maximum Gasteiger partial charge on any atom is 0.355 e. The van der Waals surface area contributed by atoms with E-state index >= 15 is 0 Å². The van der Waals surface area contributed by atoms with Gasteiger partial charge < -0.3 is 9.84 Å². The van der Waals surface area contributed by atoms with Crippen LogP contribution in [0.15, 0.2) is 6.07 Å². The van der Waals surface area contributed by atoms with Gasteiger partial charge in [0.15, 0.2) is 5.69 Å². The predicted molar refractivity (Wildman–Crippen MR) is 55.2 cm³/mol. The number of carbonyl (C=O) groups is 1. The summed E-state index contributed by atoms with van der Waals surface area (Å²) in [6, 6.07) is 1.64. The molecule has 82 valence electrons. The largest absolute Gasteiger partial charge is 0.476 e. The number of hydrogen-bond donors (Lipinski definition) is 1. The zero-order chi connectivity index (χ0) is 10.7. The molecule has 2 rings (SSSR count). The lowest BCUT2D eigenvalue weighted by atomic mass is 10.3. The van der Waals surface area contributed by atoms with Crippen LogP contribution in [0.3, 0.4) is 0 Å². The fraction of sp³-hybridized carbons (Fsp3) is 0.556. The summed E-state index contributed by atoms with van der Waals surface area (Å²) in [5.74, 6) is -0.959. The second-order valence-electron chi connectivity index (χ2n) is 3.37. The minimum atomic E-state index is -0.959. The van der Waals surface area contributed by atoms with Crippen LogP contribution in [0.4, 0.5) is 0 Å². The van der Waals surface area contributed by atoms with Gasteiger partial charge in [-0.05, 0) is 17.6 Å². The van der Waals surface area contributed by atoms with Crippen LogP contribution in [-0.4, -0.2) is 46.7 Å². The molecule has 0 aliphatic carbocycles. The van der Waals surface area contributed by atoms with Crippen molar-refractivity contribution in [1.82, 2.24) is 9.27 Å². The molecule has 0 atom stereocenters. The molecule has 0 radical (unpaired) electrons. The lowest BCUT2D eigenvalue weighted by Crippen LogP contribution is -2.35. The first-order valence-electron chi connectivity index (χ1n) is 4.74. The first-order valence-corrected chi connectivity index (χ1v) is 5.52. The van der Waals surface area contributed by atoms with Gasteiger partial charge in [-0.15, -0.1) is 0 Å². The van der Waals surface area contributed by atoms with Crippen LogP contribution >= 0.6 is 11.5 Å². The predicted octanol–water partition coefficient (Wildman–Crippen LogP) is 0.674. The van der Waals surface area contributed by atoms with E-state index in [0.717, 1.165) is 37.7 Å². The molecule has 0 unspecified atom stereocenters. The van der Waals surface area contributed by atoms with Crippen molar-refractivity contribution in [2.45, 2.75) is 6.54 Å². The Balaban J connectivity index is 1.94. The second-order valence-corrected chi connectivity index (χ2v) is 4.26. The van der Waals surface area contributed by atoms with Crippen molar-refractivity contribution >= 4 is 17.5 Å². The summed E-state index contributed by atoms with van der Waals surface area (Å²) < 4.78 is 9.10. The van der Waals surface area contributed by atoms with Crippen LogP contribution in [-0.2, 0) is 11.3 Å². The number of ether oxygens (including phenoxy) is 1. The Hall–Kier alpha value is -0.980. The average molecular weight is 228 g/mol. The fourth-order valence-corrected chi connectivity index (χ4v) is 2.22. The molecular weight excluding hydrogens is 216 g/mol. The quantitative estimate of drug-likeness (QED) is 0.824. The summed E-state index contributed by atoms with van der Waals surface area (Å²) in [6.45, 7) is 4.09. The van der Waals surface area contributed by atoms with Gasteiger partial charge in [0.05, 0.1) is 13.2 Å². The van der Waals surface area contributed by atoms with Crippen molar-refractivity contribution in [1.29, 1.82) is 0 Å². The SMILES string of the molecule is O=C(O)c1cc(CN2CCOCC2)sn1. The fourth-order valence-electron chi connectivity index (χ4n) is 1.47. The molecule has 0 saturated carbocycles. The third-order valence-corrected chi connectivity index (χ3v) is 3.03. The van der Waals surface area contributed by atoms with Crippen molar-refractivity contribution in [3.05, 3.63) is 16.6 Å². The highest BCUT2D eigenvalue weighted by molar-refractivity contribution is 7.05. The summed E-state index contributed by atoms with van der Waals surface area (Å²) in [6.07, 6.45) is 0. The van der Waals surface area contributed by atoms with E-state index in [4.69, 9.17) is 9.84 Å². The van der Waals surface area contributed by atoms with Crippen molar-refractivity contribution in [2.24, 2.45) is 0 Å². The van der Waals surface area contributed by atoms with Gasteiger partial charge >= 0.3 is 5.97 Å². The summed E-state index contributed by atoms with van der Waals surface area (Å²) in [4.78, 5) is 13.9. The van der Waals surface area contributed by atoms with Crippen molar-refractivity contribution in [2.75, 3.05) is 26.3 Å². The number of nitrogens with zero attached hydrogens (tertiary/aromatic N) is 2. The molecule has 0 aromatic carbocycles. The van der Waals surface area contributed by atoms with E-state index in [1.807, 2.05) is 0 Å². The van der Waals surface area contributed by atoms with E-state index in [-0.39, 0.29) is 5.69 Å². The van der Waals surface area contributed by atoms with Crippen molar-refractivity contribution in [3.8, 4) is 0 Å². The Kier molecular flexibility index (Phi) is 3.30. The van der Waals surface area contributed by atoms with Gasteiger partial charge in [0.2, 0.25) is 0 Å². The Morgan fingerprint density at radius 2 is 2.33 bits per heavy atom. The first-order chi connectivity index (χ1) is 7.25. The molecule has 1 fully saturated rings. The highest BCUT2D eigenvalue weighted by atomic mass is 32.1. The van der Waals surface area contributed by atoms with Crippen LogP contribution in [0.5, 0.6) is 0 Å².